The molecular weight excluding hydrogens is 438 g/mol. The summed E-state index contributed by atoms with van der Waals surface area (Å²) in [5, 5.41) is 13.8. The topological polar surface area (TPSA) is 124 Å². The van der Waals surface area contributed by atoms with E-state index in [9.17, 15) is 9.59 Å². The predicted octanol–water partition coefficient (Wildman–Crippen LogP) is 1.93. The molecule has 2 fully saturated rings. The van der Waals surface area contributed by atoms with Gasteiger partial charge in [0, 0.05) is 39.6 Å². The number of methoxy groups -OCH3 is 2. The summed E-state index contributed by atoms with van der Waals surface area (Å²) in [7, 11) is 5.10. The molecule has 11 heteroatoms. The van der Waals surface area contributed by atoms with E-state index in [2.05, 4.69) is 26.0 Å². The first-order valence-corrected chi connectivity index (χ1v) is 11.4. The van der Waals surface area contributed by atoms with Crippen LogP contribution in [0.15, 0.2) is 35.4 Å². The maximum atomic E-state index is 13.1. The second-order valence-electron chi connectivity index (χ2n) is 8.75. The van der Waals surface area contributed by atoms with Crippen molar-refractivity contribution in [3.8, 4) is 0 Å². The Kier molecular flexibility index (Phi) is 5.96. The van der Waals surface area contributed by atoms with Gasteiger partial charge in [-0.3, -0.25) is 9.59 Å². The molecule has 180 valence electrons. The largest absolute Gasteiger partial charge is 0.385 e. The molecule has 3 N–H and O–H groups in total. The van der Waals surface area contributed by atoms with Crippen LogP contribution in [0.25, 0.3) is 5.65 Å². The zero-order chi connectivity index (χ0) is 23.8. The molecule has 5 rings (SSSR count). The first-order valence-electron chi connectivity index (χ1n) is 11.4. The standard InChI is InChI=1S/C23H29N7O4/c1-24-17-11-20(26-16-5-4-8-29(23(16)32)13-9-14(10-13)33-2)28-30-18(12-25-21(17)30)22(31)27-15-6-7-19(15)34-3/h4-5,8,11-15,19,24H,6-7,9-10H2,1-3H3,(H,26,28)(H,27,31)/t13-,14-,15?,19-/m1/s1. The smallest absolute Gasteiger partial charge is 0.274 e. The van der Waals surface area contributed by atoms with Crippen molar-refractivity contribution >= 4 is 28.7 Å². The van der Waals surface area contributed by atoms with E-state index in [4.69, 9.17) is 9.47 Å². The predicted molar refractivity (Wildman–Crippen MR) is 127 cm³/mol. The first kappa shape index (κ1) is 22.4. The van der Waals surface area contributed by atoms with E-state index < -0.39 is 0 Å². The molecule has 3 aromatic rings. The molecular formula is C23H29N7O4. The van der Waals surface area contributed by atoms with E-state index in [0.29, 0.717) is 28.5 Å². The van der Waals surface area contributed by atoms with E-state index >= 15 is 0 Å². The molecule has 0 spiro atoms. The van der Waals surface area contributed by atoms with Crippen LogP contribution in [0.5, 0.6) is 0 Å². The van der Waals surface area contributed by atoms with Gasteiger partial charge in [-0.05, 0) is 37.8 Å². The highest BCUT2D eigenvalue weighted by Crippen LogP contribution is 2.33. The van der Waals surface area contributed by atoms with Crippen molar-refractivity contribution in [2.75, 3.05) is 31.9 Å². The van der Waals surface area contributed by atoms with Crippen molar-refractivity contribution in [2.45, 2.75) is 50.0 Å². The Morgan fingerprint density at radius 2 is 2.00 bits per heavy atom. The number of amides is 1. The molecule has 3 aromatic heterocycles. The number of fused-ring (bicyclic) bond motifs is 1. The molecule has 0 aromatic carbocycles. The van der Waals surface area contributed by atoms with Crippen molar-refractivity contribution in [1.82, 2.24) is 24.5 Å². The minimum Gasteiger partial charge on any atom is -0.385 e. The van der Waals surface area contributed by atoms with Gasteiger partial charge in [0.2, 0.25) is 0 Å². The molecule has 0 saturated heterocycles. The fourth-order valence-electron chi connectivity index (χ4n) is 4.52. The van der Waals surface area contributed by atoms with E-state index in [0.717, 1.165) is 25.7 Å². The lowest BCUT2D eigenvalue weighted by atomic mass is 9.89. The molecule has 1 unspecified atom stereocenters. The number of rotatable bonds is 8. The summed E-state index contributed by atoms with van der Waals surface area (Å²) >= 11 is 0. The third kappa shape index (κ3) is 3.90. The molecule has 34 heavy (non-hydrogen) atoms. The monoisotopic (exact) mass is 467 g/mol. The molecule has 2 aliphatic rings. The molecule has 3 heterocycles. The van der Waals surface area contributed by atoms with Crippen LogP contribution in [-0.2, 0) is 9.47 Å². The van der Waals surface area contributed by atoms with Crippen LogP contribution in [0, 0.1) is 0 Å². The van der Waals surface area contributed by atoms with Crippen LogP contribution in [0.4, 0.5) is 17.2 Å². The van der Waals surface area contributed by atoms with Crippen LogP contribution < -0.4 is 21.5 Å². The Hall–Kier alpha value is -3.44. The minimum atomic E-state index is -0.272. The number of carbonyl (C=O) groups excluding carboxylic acids is 1. The lowest BCUT2D eigenvalue weighted by Crippen LogP contribution is -2.51. The Morgan fingerprint density at radius 3 is 2.68 bits per heavy atom. The van der Waals surface area contributed by atoms with Gasteiger partial charge in [0.05, 0.1) is 30.1 Å². The van der Waals surface area contributed by atoms with Gasteiger partial charge < -0.3 is 30.0 Å². The number of nitrogens with one attached hydrogen (secondary N) is 3. The number of hydrogen-bond acceptors (Lipinski definition) is 8. The number of hydrogen-bond donors (Lipinski definition) is 3. The number of nitrogens with zero attached hydrogens (tertiary/aromatic N) is 4. The van der Waals surface area contributed by atoms with Crippen LogP contribution in [0.3, 0.4) is 0 Å². The number of carbonyl (C=O) groups is 1. The lowest BCUT2D eigenvalue weighted by molar-refractivity contribution is 0.00522. The van der Waals surface area contributed by atoms with Gasteiger partial charge in [-0.1, -0.05) is 0 Å². The summed E-state index contributed by atoms with van der Waals surface area (Å²) in [6, 6.07) is 5.41. The second-order valence-corrected chi connectivity index (χ2v) is 8.75. The Morgan fingerprint density at radius 1 is 1.18 bits per heavy atom. The van der Waals surface area contributed by atoms with Gasteiger partial charge in [0.1, 0.15) is 5.69 Å². The Balaban J connectivity index is 1.43. The second kappa shape index (κ2) is 9.07. The van der Waals surface area contributed by atoms with E-state index in [-0.39, 0.29) is 35.8 Å². The van der Waals surface area contributed by atoms with Gasteiger partial charge in [0.25, 0.3) is 11.5 Å². The number of ether oxygens (including phenoxy) is 2. The highest BCUT2D eigenvalue weighted by molar-refractivity contribution is 5.94. The summed E-state index contributed by atoms with van der Waals surface area (Å²) in [5.41, 5.74) is 1.77. The normalized spacial score (nSPS) is 23.7. The maximum Gasteiger partial charge on any atom is 0.274 e. The SMILES string of the molecule is CNc1cc(Nc2cccn([C@H]3C[C@H](OC)C3)c2=O)nn2c(C(=O)NC3CC[C@H]3OC)cnc12. The zero-order valence-electron chi connectivity index (χ0n) is 19.4. The molecule has 2 atom stereocenters. The van der Waals surface area contributed by atoms with Crippen LogP contribution in [0.2, 0.25) is 0 Å². The quantitative estimate of drug-likeness (QED) is 0.459. The van der Waals surface area contributed by atoms with Gasteiger partial charge in [-0.25, -0.2) is 9.50 Å². The number of pyridine rings is 1. The molecule has 0 bridgehead atoms. The van der Waals surface area contributed by atoms with Crippen LogP contribution >= 0.6 is 0 Å². The number of aromatic nitrogens is 4. The fourth-order valence-corrected chi connectivity index (χ4v) is 4.52. The average molecular weight is 468 g/mol. The maximum absolute atomic E-state index is 13.1. The third-order valence-electron chi connectivity index (χ3n) is 6.83. The molecule has 11 nitrogen and oxygen atoms in total. The van der Waals surface area contributed by atoms with E-state index in [1.807, 2.05) is 6.07 Å². The lowest BCUT2D eigenvalue weighted by Gasteiger charge is -2.35. The van der Waals surface area contributed by atoms with E-state index in [1.54, 1.807) is 44.2 Å². The summed E-state index contributed by atoms with van der Waals surface area (Å²) in [6.45, 7) is 0. The summed E-state index contributed by atoms with van der Waals surface area (Å²) in [6.07, 6.45) is 6.94. The van der Waals surface area contributed by atoms with Gasteiger partial charge >= 0.3 is 0 Å². The molecule has 0 aliphatic heterocycles. The number of imidazole rings is 1. The zero-order valence-corrected chi connectivity index (χ0v) is 19.4. The highest BCUT2D eigenvalue weighted by atomic mass is 16.5. The molecule has 1 amide bonds. The van der Waals surface area contributed by atoms with E-state index in [1.165, 1.54) is 10.7 Å². The minimum absolute atomic E-state index is 0.0243. The van der Waals surface area contributed by atoms with Crippen molar-refractivity contribution in [1.29, 1.82) is 0 Å². The third-order valence-corrected chi connectivity index (χ3v) is 6.83. The summed E-state index contributed by atoms with van der Waals surface area (Å²) in [4.78, 5) is 30.4. The highest BCUT2D eigenvalue weighted by Gasteiger charge is 2.33. The first-order chi connectivity index (χ1) is 16.5. The van der Waals surface area contributed by atoms with Gasteiger partial charge in [-0.2, -0.15) is 0 Å². The molecule has 2 aliphatic carbocycles. The Bertz CT molecular complexity index is 1260. The van der Waals surface area contributed by atoms with Crippen molar-refractivity contribution in [3.63, 3.8) is 0 Å². The Labute approximate surface area is 196 Å². The number of anilines is 3. The summed E-state index contributed by atoms with van der Waals surface area (Å²) < 4.78 is 13.9. The summed E-state index contributed by atoms with van der Waals surface area (Å²) in [5.74, 6) is 0.145. The van der Waals surface area contributed by atoms with Gasteiger partial charge in [-0.15, -0.1) is 5.10 Å². The van der Waals surface area contributed by atoms with Crippen molar-refractivity contribution in [2.24, 2.45) is 0 Å². The van der Waals surface area contributed by atoms with Crippen LogP contribution in [-0.4, -0.2) is 64.6 Å². The van der Waals surface area contributed by atoms with Gasteiger partial charge in [0.15, 0.2) is 17.2 Å². The van der Waals surface area contributed by atoms with Crippen LogP contribution in [0.1, 0.15) is 42.2 Å². The fraction of sp³-hybridized carbons (Fsp3) is 0.478. The van der Waals surface area contributed by atoms with Crippen molar-refractivity contribution in [3.05, 3.63) is 46.6 Å². The molecule has 0 radical (unpaired) electrons. The average Bonchev–Trinajstić information content (AvgIpc) is 3.22. The molecule has 2 saturated carbocycles. The van der Waals surface area contributed by atoms with Crippen molar-refractivity contribution < 1.29 is 14.3 Å².